The molecule has 0 amide bonds. The van der Waals surface area contributed by atoms with Gasteiger partial charge in [-0.3, -0.25) is 4.98 Å². The van der Waals surface area contributed by atoms with Crippen molar-refractivity contribution in [1.29, 1.82) is 5.41 Å². The highest BCUT2D eigenvalue weighted by molar-refractivity contribution is 6.13. The van der Waals surface area contributed by atoms with Gasteiger partial charge in [-0.25, -0.2) is 4.98 Å². The maximum Gasteiger partial charge on any atom is 0.0719 e. The summed E-state index contributed by atoms with van der Waals surface area (Å²) in [4.78, 5) is 9.59. The summed E-state index contributed by atoms with van der Waals surface area (Å²) in [7, 11) is 0. The normalized spacial score (nSPS) is 20.3. The molecule has 4 heteroatoms. The number of benzene rings is 3. The molecule has 0 spiro atoms. The Kier molecular flexibility index (Phi) is 8.30. The maximum absolute atomic E-state index is 8.81. The summed E-state index contributed by atoms with van der Waals surface area (Å²) in [5, 5.41) is 15.7. The molecule has 2 atom stereocenters. The Hall–Kier alpha value is -5.87. The Labute approximate surface area is 294 Å². The second kappa shape index (κ2) is 13.2. The van der Waals surface area contributed by atoms with Crippen molar-refractivity contribution in [2.75, 3.05) is 6.54 Å². The molecule has 0 bridgehead atoms. The lowest BCUT2D eigenvalue weighted by Crippen LogP contribution is -2.21. The number of aromatic nitrogens is 2. The predicted molar refractivity (Wildman–Crippen MR) is 210 cm³/mol. The van der Waals surface area contributed by atoms with Gasteiger partial charge in [0.2, 0.25) is 0 Å². The minimum absolute atomic E-state index is 0.205. The van der Waals surface area contributed by atoms with Gasteiger partial charge in [-0.15, -0.1) is 0 Å². The first kappa shape index (κ1) is 31.4. The first-order valence-corrected chi connectivity index (χ1v) is 17.5. The van der Waals surface area contributed by atoms with Crippen LogP contribution in [0.5, 0.6) is 0 Å². The van der Waals surface area contributed by atoms with Gasteiger partial charge in [0.15, 0.2) is 0 Å². The van der Waals surface area contributed by atoms with Crippen molar-refractivity contribution in [3.8, 4) is 0 Å². The van der Waals surface area contributed by atoms with Gasteiger partial charge >= 0.3 is 0 Å². The number of rotatable bonds is 7. The summed E-state index contributed by atoms with van der Waals surface area (Å²) < 4.78 is 0. The molecule has 0 saturated heterocycles. The zero-order chi connectivity index (χ0) is 34.1. The SMILES string of the molecule is CC1C=CC(c2cc(C3(C)C=CC(c4ccc(/C(=C/C(=N)C5=CNCC=C5)c5cccnc5)cc4)=CC3)c3c(ccc4ccccc43)n2)=CC1. The summed E-state index contributed by atoms with van der Waals surface area (Å²) in [5.74, 6) is 0.555. The van der Waals surface area contributed by atoms with Crippen molar-refractivity contribution in [2.45, 2.75) is 32.1 Å². The molecule has 2 aliphatic carbocycles. The van der Waals surface area contributed by atoms with E-state index in [4.69, 9.17) is 10.4 Å². The molecule has 2 aromatic heterocycles. The number of allylic oxidation sites excluding steroid dienone is 11. The van der Waals surface area contributed by atoms with Crippen molar-refractivity contribution < 1.29 is 0 Å². The van der Waals surface area contributed by atoms with Crippen molar-refractivity contribution in [2.24, 2.45) is 5.92 Å². The highest BCUT2D eigenvalue weighted by Crippen LogP contribution is 2.43. The molecule has 8 rings (SSSR count). The van der Waals surface area contributed by atoms with Gasteiger partial charge in [-0.05, 0) is 87.2 Å². The molecule has 3 aliphatic rings. The van der Waals surface area contributed by atoms with Crippen LogP contribution < -0.4 is 5.32 Å². The average Bonchev–Trinajstić information content (AvgIpc) is 3.17. The Morgan fingerprint density at radius 1 is 0.920 bits per heavy atom. The zero-order valence-corrected chi connectivity index (χ0v) is 28.5. The van der Waals surface area contributed by atoms with E-state index in [2.05, 4.69) is 133 Å². The summed E-state index contributed by atoms with van der Waals surface area (Å²) in [6.07, 6.45) is 27.4. The van der Waals surface area contributed by atoms with Crippen molar-refractivity contribution >= 4 is 44.1 Å². The van der Waals surface area contributed by atoms with E-state index in [0.29, 0.717) is 11.6 Å². The molecule has 0 radical (unpaired) electrons. The van der Waals surface area contributed by atoms with Gasteiger partial charge in [0, 0.05) is 47.1 Å². The molecule has 3 heterocycles. The molecule has 5 aromatic rings. The third-order valence-corrected chi connectivity index (χ3v) is 10.2. The third-order valence-electron chi connectivity index (χ3n) is 10.2. The smallest absolute Gasteiger partial charge is 0.0719 e. The average molecular weight is 649 g/mol. The Morgan fingerprint density at radius 2 is 1.80 bits per heavy atom. The zero-order valence-electron chi connectivity index (χ0n) is 28.5. The minimum Gasteiger partial charge on any atom is -0.387 e. The standard InChI is InChI=1S/C46H40N4/c1-31-11-13-36(14-12-31)44-28-41(45-39-10-4-3-7-34(39)19-20-43(45)50-44)46(2)23-21-33(22-24-46)32-15-17-35(18-16-32)40(37-8-5-25-48-29-37)27-42(47)38-9-6-26-49-30-38/h3-11,13-23,25,27-31,47,49H,12,24,26H2,1-2H3/b40-27-,47-42?. The van der Waals surface area contributed by atoms with Crippen LogP contribution in [0, 0.1) is 11.3 Å². The van der Waals surface area contributed by atoms with E-state index in [1.165, 1.54) is 38.4 Å². The largest absolute Gasteiger partial charge is 0.387 e. The van der Waals surface area contributed by atoms with Crippen LogP contribution in [-0.4, -0.2) is 22.2 Å². The molecule has 244 valence electrons. The molecule has 0 fully saturated rings. The topological polar surface area (TPSA) is 61.7 Å². The molecule has 2 unspecified atom stereocenters. The second-order valence-electron chi connectivity index (χ2n) is 13.8. The van der Waals surface area contributed by atoms with E-state index < -0.39 is 0 Å². The van der Waals surface area contributed by atoms with E-state index >= 15 is 0 Å². The van der Waals surface area contributed by atoms with Gasteiger partial charge < -0.3 is 10.7 Å². The lowest BCUT2D eigenvalue weighted by atomic mass is 9.73. The van der Waals surface area contributed by atoms with Crippen molar-refractivity contribution in [1.82, 2.24) is 15.3 Å². The second-order valence-corrected chi connectivity index (χ2v) is 13.8. The summed E-state index contributed by atoms with van der Waals surface area (Å²) >= 11 is 0. The predicted octanol–water partition coefficient (Wildman–Crippen LogP) is 10.6. The number of nitrogens with one attached hydrogen (secondary N) is 2. The lowest BCUT2D eigenvalue weighted by molar-refractivity contribution is 0.606. The number of hydrogen-bond donors (Lipinski definition) is 2. The van der Waals surface area contributed by atoms with Crippen LogP contribution >= 0.6 is 0 Å². The van der Waals surface area contributed by atoms with Crippen LogP contribution in [-0.2, 0) is 5.41 Å². The minimum atomic E-state index is -0.205. The fraction of sp³-hybridized carbons (Fsp3) is 0.152. The summed E-state index contributed by atoms with van der Waals surface area (Å²) in [6.45, 7) is 5.40. The number of fused-ring (bicyclic) bond motifs is 3. The molecule has 3 aromatic carbocycles. The van der Waals surface area contributed by atoms with Crippen LogP contribution in [0.3, 0.4) is 0 Å². The van der Waals surface area contributed by atoms with Gasteiger partial charge in [0.1, 0.15) is 0 Å². The van der Waals surface area contributed by atoms with Gasteiger partial charge in [0.25, 0.3) is 0 Å². The lowest BCUT2D eigenvalue weighted by Gasteiger charge is -2.31. The molecule has 2 N–H and O–H groups in total. The van der Waals surface area contributed by atoms with Crippen LogP contribution in [0.15, 0.2) is 158 Å². The van der Waals surface area contributed by atoms with Gasteiger partial charge in [-0.1, -0.05) is 123 Å². The highest BCUT2D eigenvalue weighted by Gasteiger charge is 2.29. The van der Waals surface area contributed by atoms with E-state index in [9.17, 15) is 0 Å². The Balaban J connectivity index is 1.13. The van der Waals surface area contributed by atoms with E-state index in [1.54, 1.807) is 6.20 Å². The summed E-state index contributed by atoms with van der Waals surface area (Å²) in [6, 6.07) is 28.1. The fourth-order valence-electron chi connectivity index (χ4n) is 7.23. The van der Waals surface area contributed by atoms with Crippen LogP contribution in [0.1, 0.15) is 54.6 Å². The monoisotopic (exact) mass is 648 g/mol. The first-order chi connectivity index (χ1) is 24.4. The maximum atomic E-state index is 8.81. The molecule has 50 heavy (non-hydrogen) atoms. The molecule has 4 nitrogen and oxygen atoms in total. The Morgan fingerprint density at radius 3 is 2.54 bits per heavy atom. The molecular formula is C46H40N4. The first-order valence-electron chi connectivity index (χ1n) is 17.5. The number of pyridine rings is 2. The van der Waals surface area contributed by atoms with Crippen molar-refractivity contribution in [3.05, 3.63) is 186 Å². The molecular weight excluding hydrogens is 609 g/mol. The van der Waals surface area contributed by atoms with Gasteiger partial charge in [-0.2, -0.15) is 0 Å². The van der Waals surface area contributed by atoms with Crippen molar-refractivity contribution in [3.63, 3.8) is 0 Å². The van der Waals surface area contributed by atoms with Gasteiger partial charge in [0.05, 0.1) is 16.9 Å². The van der Waals surface area contributed by atoms with E-state index in [-0.39, 0.29) is 5.41 Å². The van der Waals surface area contributed by atoms with E-state index in [0.717, 1.165) is 52.9 Å². The van der Waals surface area contributed by atoms with Crippen LogP contribution in [0.25, 0.3) is 38.4 Å². The number of hydrogen-bond acceptors (Lipinski definition) is 4. The highest BCUT2D eigenvalue weighted by atomic mass is 14.8. The van der Waals surface area contributed by atoms with Crippen LogP contribution in [0.2, 0.25) is 0 Å². The summed E-state index contributed by atoms with van der Waals surface area (Å²) in [5.41, 5.74) is 11.1. The Bertz CT molecular complexity index is 2350. The van der Waals surface area contributed by atoms with Crippen LogP contribution in [0.4, 0.5) is 0 Å². The fourth-order valence-corrected chi connectivity index (χ4v) is 7.23. The molecule has 0 saturated carbocycles. The number of nitrogens with zero attached hydrogens (tertiary/aromatic N) is 2. The molecule has 1 aliphatic heterocycles. The quantitative estimate of drug-likeness (QED) is 0.136. The number of dihydropyridines is 1. The van der Waals surface area contributed by atoms with E-state index in [1.807, 2.05) is 36.7 Å². The third kappa shape index (κ3) is 6.10.